The lowest BCUT2D eigenvalue weighted by Gasteiger charge is -2.27. The van der Waals surface area contributed by atoms with Gasteiger partial charge in [0.1, 0.15) is 5.75 Å². The largest absolute Gasteiger partial charge is 0.496 e. The van der Waals surface area contributed by atoms with Gasteiger partial charge in [-0.15, -0.1) is 0 Å². The number of methoxy groups -OCH3 is 1. The van der Waals surface area contributed by atoms with Gasteiger partial charge >= 0.3 is 0 Å². The van der Waals surface area contributed by atoms with Gasteiger partial charge in [0.05, 0.1) is 7.11 Å². The van der Waals surface area contributed by atoms with Crippen LogP contribution >= 0.6 is 0 Å². The van der Waals surface area contributed by atoms with E-state index in [1.54, 1.807) is 7.11 Å². The summed E-state index contributed by atoms with van der Waals surface area (Å²) in [4.78, 5) is 2.18. The standard InChI is InChI=1S/C20H29NO/c1-20(2,3)18-14-17(21(4)5)13-16(19(18)22-6)12-11-15-9-7-8-10-15/h7-9,13-14H,10-12H2,1-6H3. The zero-order chi connectivity index (χ0) is 16.3. The fourth-order valence-corrected chi connectivity index (χ4v) is 2.89. The zero-order valence-corrected chi connectivity index (χ0v) is 14.9. The second-order valence-electron chi connectivity index (χ2n) is 7.29. The van der Waals surface area contributed by atoms with Crippen LogP contribution in [0.1, 0.15) is 44.7 Å². The van der Waals surface area contributed by atoms with Crippen molar-refractivity contribution in [3.8, 4) is 5.75 Å². The summed E-state index contributed by atoms with van der Waals surface area (Å²) >= 11 is 0. The number of nitrogens with zero attached hydrogens (tertiary/aromatic N) is 1. The van der Waals surface area contributed by atoms with Crippen LogP contribution in [-0.2, 0) is 11.8 Å². The molecule has 0 bridgehead atoms. The fourth-order valence-electron chi connectivity index (χ4n) is 2.89. The Hall–Kier alpha value is -1.70. The van der Waals surface area contributed by atoms with E-state index in [1.165, 1.54) is 22.4 Å². The quantitative estimate of drug-likeness (QED) is 0.768. The number of aryl methyl sites for hydroxylation is 1. The minimum absolute atomic E-state index is 0.0697. The van der Waals surface area contributed by atoms with Crippen molar-refractivity contribution in [2.24, 2.45) is 0 Å². The van der Waals surface area contributed by atoms with E-state index in [4.69, 9.17) is 4.74 Å². The molecule has 0 aliphatic heterocycles. The highest BCUT2D eigenvalue weighted by Gasteiger charge is 2.23. The smallest absolute Gasteiger partial charge is 0.125 e. The summed E-state index contributed by atoms with van der Waals surface area (Å²) in [6, 6.07) is 4.54. The van der Waals surface area contributed by atoms with Gasteiger partial charge in [0.15, 0.2) is 0 Å². The monoisotopic (exact) mass is 299 g/mol. The van der Waals surface area contributed by atoms with E-state index >= 15 is 0 Å². The lowest BCUT2D eigenvalue weighted by molar-refractivity contribution is 0.392. The highest BCUT2D eigenvalue weighted by Crippen LogP contribution is 2.38. The Morgan fingerprint density at radius 3 is 2.36 bits per heavy atom. The van der Waals surface area contributed by atoms with Crippen molar-refractivity contribution in [3.63, 3.8) is 0 Å². The van der Waals surface area contributed by atoms with Crippen molar-refractivity contribution in [1.82, 2.24) is 0 Å². The summed E-state index contributed by atoms with van der Waals surface area (Å²) in [5.41, 5.74) is 5.43. The van der Waals surface area contributed by atoms with Crippen LogP contribution in [0.15, 0.2) is 35.9 Å². The number of anilines is 1. The summed E-state index contributed by atoms with van der Waals surface area (Å²) in [6.07, 6.45) is 9.85. The SMILES string of the molecule is COc1c(CCC2=CC=CC2)cc(N(C)C)cc1C(C)(C)C. The van der Waals surface area contributed by atoms with Gasteiger partial charge in [-0.05, 0) is 42.4 Å². The van der Waals surface area contributed by atoms with E-state index in [-0.39, 0.29) is 5.41 Å². The van der Waals surface area contributed by atoms with Gasteiger partial charge in [-0.3, -0.25) is 0 Å². The van der Waals surface area contributed by atoms with Crippen LogP contribution in [-0.4, -0.2) is 21.2 Å². The van der Waals surface area contributed by atoms with Crippen molar-refractivity contribution in [3.05, 3.63) is 47.1 Å². The van der Waals surface area contributed by atoms with Crippen molar-refractivity contribution in [2.75, 3.05) is 26.1 Å². The highest BCUT2D eigenvalue weighted by atomic mass is 16.5. The van der Waals surface area contributed by atoms with Gasteiger partial charge in [-0.2, -0.15) is 0 Å². The Kier molecular flexibility index (Phi) is 5.00. The molecule has 0 aromatic heterocycles. The van der Waals surface area contributed by atoms with Crippen LogP contribution in [0, 0.1) is 0 Å². The van der Waals surface area contributed by atoms with E-state index in [9.17, 15) is 0 Å². The molecular formula is C20H29NO. The van der Waals surface area contributed by atoms with Gasteiger partial charge in [-0.25, -0.2) is 0 Å². The fraction of sp³-hybridized carbons (Fsp3) is 0.500. The zero-order valence-electron chi connectivity index (χ0n) is 14.9. The topological polar surface area (TPSA) is 12.5 Å². The molecule has 1 aromatic rings. The molecule has 1 aromatic carbocycles. The molecule has 2 rings (SSSR count). The molecule has 0 atom stereocenters. The Labute approximate surface area is 135 Å². The number of hydrogen-bond acceptors (Lipinski definition) is 2. The normalized spacial score (nSPS) is 14.2. The maximum absolute atomic E-state index is 5.80. The summed E-state index contributed by atoms with van der Waals surface area (Å²) < 4.78 is 5.80. The average Bonchev–Trinajstić information content (AvgIpc) is 2.96. The van der Waals surface area contributed by atoms with E-state index in [0.717, 1.165) is 25.0 Å². The number of rotatable bonds is 5. The second-order valence-corrected chi connectivity index (χ2v) is 7.29. The first-order valence-corrected chi connectivity index (χ1v) is 8.06. The highest BCUT2D eigenvalue weighted by molar-refractivity contribution is 5.58. The van der Waals surface area contributed by atoms with Crippen molar-refractivity contribution in [1.29, 1.82) is 0 Å². The van der Waals surface area contributed by atoms with Gasteiger partial charge in [-0.1, -0.05) is 44.6 Å². The van der Waals surface area contributed by atoms with Crippen LogP contribution in [0.4, 0.5) is 5.69 Å². The van der Waals surface area contributed by atoms with E-state index in [1.807, 2.05) is 0 Å². The van der Waals surface area contributed by atoms with E-state index in [0.29, 0.717) is 0 Å². The predicted molar refractivity (Wildman–Crippen MR) is 96.2 cm³/mol. The van der Waals surface area contributed by atoms with Crippen molar-refractivity contribution in [2.45, 2.75) is 45.4 Å². The molecule has 0 unspecified atom stereocenters. The van der Waals surface area contributed by atoms with Gasteiger partial charge in [0, 0.05) is 25.3 Å². The summed E-state index contributed by atoms with van der Waals surface area (Å²) in [5.74, 6) is 1.06. The summed E-state index contributed by atoms with van der Waals surface area (Å²) in [5, 5.41) is 0. The van der Waals surface area contributed by atoms with Crippen LogP contribution in [0.5, 0.6) is 5.75 Å². The Morgan fingerprint density at radius 1 is 1.14 bits per heavy atom. The minimum atomic E-state index is 0.0697. The Balaban J connectivity index is 2.38. The lowest BCUT2D eigenvalue weighted by Crippen LogP contribution is -2.17. The second kappa shape index (κ2) is 6.60. The molecule has 0 saturated carbocycles. The molecule has 0 amide bonds. The van der Waals surface area contributed by atoms with Crippen LogP contribution < -0.4 is 9.64 Å². The van der Waals surface area contributed by atoms with Crippen molar-refractivity contribution < 1.29 is 4.74 Å². The van der Waals surface area contributed by atoms with E-state index < -0.39 is 0 Å². The first-order valence-electron chi connectivity index (χ1n) is 8.06. The molecule has 120 valence electrons. The third kappa shape index (κ3) is 3.73. The number of hydrogen-bond donors (Lipinski definition) is 0. The Morgan fingerprint density at radius 2 is 1.86 bits per heavy atom. The molecule has 0 spiro atoms. The maximum Gasteiger partial charge on any atom is 0.125 e. The number of allylic oxidation sites excluding steroid dienone is 4. The molecule has 22 heavy (non-hydrogen) atoms. The van der Waals surface area contributed by atoms with Crippen LogP contribution in [0.3, 0.4) is 0 Å². The third-order valence-electron chi connectivity index (χ3n) is 4.24. The van der Waals surface area contributed by atoms with Gasteiger partial charge in [0.2, 0.25) is 0 Å². The molecule has 2 heteroatoms. The van der Waals surface area contributed by atoms with Gasteiger partial charge < -0.3 is 9.64 Å². The van der Waals surface area contributed by atoms with Gasteiger partial charge in [0.25, 0.3) is 0 Å². The molecular weight excluding hydrogens is 270 g/mol. The minimum Gasteiger partial charge on any atom is -0.496 e. The summed E-state index contributed by atoms with van der Waals surface area (Å²) in [6.45, 7) is 6.74. The number of benzene rings is 1. The lowest BCUT2D eigenvalue weighted by atomic mass is 9.84. The maximum atomic E-state index is 5.80. The molecule has 0 fully saturated rings. The molecule has 0 saturated heterocycles. The molecule has 1 aliphatic carbocycles. The van der Waals surface area contributed by atoms with Crippen LogP contribution in [0.2, 0.25) is 0 Å². The average molecular weight is 299 g/mol. The molecule has 1 aliphatic rings. The van der Waals surface area contributed by atoms with E-state index in [2.05, 4.69) is 70.1 Å². The molecule has 2 nitrogen and oxygen atoms in total. The van der Waals surface area contributed by atoms with Crippen LogP contribution in [0.25, 0.3) is 0 Å². The predicted octanol–water partition coefficient (Wildman–Crippen LogP) is 4.88. The molecule has 0 heterocycles. The van der Waals surface area contributed by atoms with Crippen molar-refractivity contribution >= 4 is 5.69 Å². The number of ether oxygens (including phenoxy) is 1. The summed E-state index contributed by atoms with van der Waals surface area (Å²) in [7, 11) is 5.99. The molecule has 0 N–H and O–H groups in total. The first-order chi connectivity index (χ1) is 10.3. The third-order valence-corrected chi connectivity index (χ3v) is 4.24. The molecule has 0 radical (unpaired) electrons. The first kappa shape index (κ1) is 16.7. The Bertz CT molecular complexity index is 588.